The molecule has 0 fully saturated rings. The molecule has 0 aromatic rings. The first-order chi connectivity index (χ1) is 8.54. The summed E-state index contributed by atoms with van der Waals surface area (Å²) in [5.74, 6) is 0. The van der Waals surface area contributed by atoms with Gasteiger partial charge in [0.1, 0.15) is 0 Å². The van der Waals surface area contributed by atoms with Gasteiger partial charge >= 0.3 is 40.0 Å². The lowest BCUT2D eigenvalue weighted by atomic mass is 15.7. The van der Waals surface area contributed by atoms with E-state index in [4.69, 9.17) is 34.3 Å². The molecule has 0 amide bonds. The highest BCUT2D eigenvalue weighted by atomic mass is 31.3. The summed E-state index contributed by atoms with van der Waals surface area (Å²) in [6.07, 6.45) is 0. The van der Waals surface area contributed by atoms with E-state index >= 15 is 0 Å². The minimum atomic E-state index is -5.46. The fourth-order valence-electron chi connectivity index (χ4n) is 0.343. The Morgan fingerprint density at radius 3 is 1.05 bits per heavy atom. The zero-order valence-electron chi connectivity index (χ0n) is 8.63. The fraction of sp³-hybridized carbons (Fsp3) is 0. The smallest absolute Gasteiger partial charge is 0.302 e. The molecule has 0 aliphatic heterocycles. The lowest BCUT2D eigenvalue weighted by Gasteiger charge is -2.11. The van der Waals surface area contributed by atoms with Crippen molar-refractivity contribution in [3.8, 4) is 0 Å². The summed E-state index contributed by atoms with van der Waals surface area (Å²) in [6, 6.07) is 0. The predicted octanol–water partition coefficient (Wildman–Crippen LogP) is -0.392. The van der Waals surface area contributed by atoms with Crippen molar-refractivity contribution in [1.82, 2.24) is 0 Å². The highest BCUT2D eigenvalue weighted by Crippen LogP contribution is 2.64. The average molecular weight is 402 g/mol. The van der Waals surface area contributed by atoms with Crippen molar-refractivity contribution in [1.29, 1.82) is 0 Å². The molecule has 120 valence electrons. The van der Waals surface area contributed by atoms with Gasteiger partial charge in [-0.05, 0) is 0 Å². The van der Waals surface area contributed by atoms with E-state index in [9.17, 15) is 22.8 Å². The highest BCUT2D eigenvalue weighted by Gasteiger charge is 2.38. The van der Waals surface area contributed by atoms with Gasteiger partial charge in [0.05, 0.1) is 0 Å². The van der Waals surface area contributed by atoms with E-state index in [0.29, 0.717) is 0 Å². The molecule has 0 rings (SSSR count). The minimum absolute atomic E-state index is 2.92. The van der Waals surface area contributed by atoms with Crippen LogP contribution in [0.4, 0.5) is 0 Å². The van der Waals surface area contributed by atoms with Gasteiger partial charge in [0.25, 0.3) is 0 Å². The largest absolute Gasteiger partial charge is 0.745 e. The maximum Gasteiger partial charge on any atom is 0.745 e. The van der Waals surface area contributed by atoms with E-state index in [-0.39, 0.29) is 0 Å². The topological polar surface area (TPSA) is 255 Å². The molecule has 20 heavy (non-hydrogen) atoms. The molecule has 0 spiro atoms. The van der Waals surface area contributed by atoms with Crippen LogP contribution in [0.1, 0.15) is 0 Å². The van der Waals surface area contributed by atoms with Gasteiger partial charge in [-0.2, -0.15) is 8.62 Å². The number of hydrogen-bond acceptors (Lipinski definition) is 8. The van der Waals surface area contributed by atoms with Crippen molar-refractivity contribution in [3.05, 3.63) is 0 Å². The third-order valence-corrected chi connectivity index (χ3v) is 5.03. The lowest BCUT2D eigenvalue weighted by Crippen LogP contribution is -1.91. The van der Waals surface area contributed by atoms with Crippen LogP contribution in [-0.2, 0) is 35.8 Å². The monoisotopic (exact) mass is 402 g/mol. The van der Waals surface area contributed by atoms with Gasteiger partial charge in [0.2, 0.25) is 0 Å². The molecule has 0 aromatic heterocycles. The van der Waals surface area contributed by atoms with E-state index in [1.165, 1.54) is 0 Å². The van der Waals surface area contributed by atoms with Gasteiger partial charge in [0, 0.05) is 9.13 Å². The Morgan fingerprint density at radius 1 is 0.700 bits per heavy atom. The Morgan fingerprint density at radius 2 is 0.950 bits per heavy atom. The molecule has 0 heterocycles. The Hall–Kier alpha value is 0.490. The van der Waals surface area contributed by atoms with E-state index in [0.717, 1.165) is 0 Å². The van der Waals surface area contributed by atoms with Crippen LogP contribution in [0.5, 0.6) is 0 Å². The molecule has 0 bridgehead atoms. The average Bonchev–Trinajstić information content (AvgIpc) is 1.88. The normalized spacial score (nSPS) is 14.2. The van der Waals surface area contributed by atoms with Gasteiger partial charge < -0.3 is 24.5 Å². The molecule has 2 atom stereocenters. The van der Waals surface area contributed by atoms with Crippen LogP contribution < -0.4 is 0 Å². The van der Waals surface area contributed by atoms with Crippen molar-refractivity contribution >= 4 is 40.0 Å². The van der Waals surface area contributed by atoms with Crippen LogP contribution in [0.15, 0.2) is 0 Å². The summed E-state index contributed by atoms with van der Waals surface area (Å²) in [5, 5.41) is 0. The summed E-state index contributed by atoms with van der Waals surface area (Å²) in [6.45, 7) is 0. The molecular formula is H7O15P5+2. The maximum atomic E-state index is 10.4. The zero-order valence-corrected chi connectivity index (χ0v) is 13.1. The standard InChI is InChI=1S/H5O10P3.O5P2/c1-11(2,3)9-13(7,8)10-12(4,5)6;1-6(2)5-7(3)4/h(H,7,8)(H2,1,2,3)(H2,4,5,6);/p+2. The number of rotatable bonds is 6. The third-order valence-electron chi connectivity index (χ3n) is 0.559. The molecular weight excluding hydrogens is 395 g/mol. The van der Waals surface area contributed by atoms with Crippen LogP contribution in [-0.4, -0.2) is 34.3 Å². The van der Waals surface area contributed by atoms with Gasteiger partial charge in [-0.1, -0.05) is 0 Å². The van der Waals surface area contributed by atoms with E-state index in [1.807, 2.05) is 0 Å². The molecule has 15 nitrogen and oxygen atoms in total. The first kappa shape index (κ1) is 22.8. The van der Waals surface area contributed by atoms with Crippen LogP contribution >= 0.6 is 40.0 Å². The first-order valence-electron chi connectivity index (χ1n) is 3.41. The van der Waals surface area contributed by atoms with Crippen molar-refractivity contribution < 1.29 is 70.0 Å². The van der Waals surface area contributed by atoms with Crippen LogP contribution in [0.2, 0.25) is 0 Å². The summed E-state index contributed by atoms with van der Waals surface area (Å²) in [7, 11) is -22.0. The quantitative estimate of drug-likeness (QED) is 0.279. The first-order valence-corrected chi connectivity index (χ1v) is 10.2. The van der Waals surface area contributed by atoms with Crippen molar-refractivity contribution in [3.63, 3.8) is 0 Å². The van der Waals surface area contributed by atoms with E-state index < -0.39 is 40.0 Å². The van der Waals surface area contributed by atoms with Crippen LogP contribution in [0, 0.1) is 0 Å². The van der Waals surface area contributed by atoms with Crippen LogP contribution in [0.25, 0.3) is 0 Å². The van der Waals surface area contributed by atoms with Gasteiger partial charge in [-0.25, -0.2) is 13.7 Å². The number of hydrogen-bond donors (Lipinski definition) is 7. The maximum absolute atomic E-state index is 10.4. The van der Waals surface area contributed by atoms with Crippen LogP contribution in [0.3, 0.4) is 0 Å². The van der Waals surface area contributed by atoms with Crippen molar-refractivity contribution in [2.45, 2.75) is 0 Å². The second-order valence-electron chi connectivity index (χ2n) is 2.17. The molecule has 0 radical (unpaired) electrons. The van der Waals surface area contributed by atoms with E-state index in [2.05, 4.69) is 12.9 Å². The summed E-state index contributed by atoms with van der Waals surface area (Å²) < 4.78 is 58.5. The second-order valence-corrected chi connectivity index (χ2v) is 7.98. The molecule has 2 unspecified atom stereocenters. The van der Waals surface area contributed by atoms with Gasteiger partial charge in [-0.15, -0.1) is 9.79 Å². The molecule has 20 heteroatoms. The molecule has 0 aliphatic carbocycles. The Bertz CT molecular complexity index is 432. The molecule has 0 saturated heterocycles. The van der Waals surface area contributed by atoms with Crippen molar-refractivity contribution in [2.75, 3.05) is 0 Å². The summed E-state index contributed by atoms with van der Waals surface area (Å²) in [4.78, 5) is 55.5. The number of phosphoric acid groups is 3. The highest BCUT2D eigenvalue weighted by molar-refractivity contribution is 7.66. The minimum Gasteiger partial charge on any atom is -0.302 e. The molecule has 0 aliphatic rings. The fourth-order valence-corrected chi connectivity index (χ4v) is 3.36. The zero-order chi connectivity index (χ0) is 16.8. The predicted molar refractivity (Wildman–Crippen MR) is 56.8 cm³/mol. The van der Waals surface area contributed by atoms with Gasteiger partial charge in [0.15, 0.2) is 4.31 Å². The van der Waals surface area contributed by atoms with E-state index in [1.54, 1.807) is 0 Å². The second kappa shape index (κ2) is 8.82. The third kappa shape index (κ3) is 20.8. The summed E-state index contributed by atoms with van der Waals surface area (Å²) >= 11 is 0. The Balaban J connectivity index is 0. The SMILES string of the molecule is O=P(O)(O)OP(=O)(O)OP(=O)(O)O.O=[P+](O)O[P+](=O)O. The Kier molecular flexibility index (Phi) is 10.0. The van der Waals surface area contributed by atoms with Gasteiger partial charge in [-0.3, -0.25) is 0 Å². The lowest BCUT2D eigenvalue weighted by molar-refractivity contribution is 0.204. The molecule has 0 saturated carbocycles. The molecule has 7 N–H and O–H groups in total. The Labute approximate surface area is 111 Å². The molecule has 0 aromatic carbocycles. The summed E-state index contributed by atoms with van der Waals surface area (Å²) in [5.41, 5.74) is 0. The van der Waals surface area contributed by atoms with Crippen molar-refractivity contribution in [2.24, 2.45) is 0 Å².